The van der Waals surface area contributed by atoms with Crippen molar-refractivity contribution in [3.8, 4) is 6.07 Å². The van der Waals surface area contributed by atoms with Gasteiger partial charge in [-0.05, 0) is 32.2 Å². The van der Waals surface area contributed by atoms with Crippen LogP contribution in [0.15, 0.2) is 0 Å². The summed E-state index contributed by atoms with van der Waals surface area (Å²) in [5, 5.41) is 20.6. The monoisotopic (exact) mass is 168 g/mol. The minimum atomic E-state index is -0.0680. The highest BCUT2D eigenvalue weighted by molar-refractivity contribution is 4.84. The van der Waals surface area contributed by atoms with Crippen molar-refractivity contribution in [2.75, 3.05) is 6.54 Å². The summed E-state index contributed by atoms with van der Waals surface area (Å²) in [7, 11) is 0. The van der Waals surface area contributed by atoms with Gasteiger partial charge >= 0.3 is 0 Å². The number of nitrogens with zero attached hydrogens (tertiary/aromatic N) is 1. The van der Waals surface area contributed by atoms with Crippen molar-refractivity contribution in [3.05, 3.63) is 0 Å². The molecule has 0 aromatic heterocycles. The summed E-state index contributed by atoms with van der Waals surface area (Å²) >= 11 is 0. The maximum absolute atomic E-state index is 8.98. The van der Waals surface area contributed by atoms with Gasteiger partial charge in [0.25, 0.3) is 0 Å². The van der Waals surface area contributed by atoms with Gasteiger partial charge in [-0.2, -0.15) is 5.26 Å². The molecule has 68 valence electrons. The number of hydrogen-bond donors (Lipinski definition) is 2. The molecular weight excluding hydrogens is 152 g/mol. The molecule has 0 heterocycles. The molecule has 0 radical (unpaired) electrons. The van der Waals surface area contributed by atoms with Crippen molar-refractivity contribution in [2.24, 2.45) is 0 Å². The topological polar surface area (TPSA) is 56.0 Å². The molecule has 3 nitrogen and oxygen atoms in total. The predicted molar refractivity (Wildman–Crippen MR) is 46.5 cm³/mol. The lowest BCUT2D eigenvalue weighted by molar-refractivity contribution is 0.0626. The van der Waals surface area contributed by atoms with Gasteiger partial charge in [0.1, 0.15) is 0 Å². The zero-order chi connectivity index (χ0) is 8.81. The molecule has 0 saturated heterocycles. The molecule has 1 aliphatic rings. The van der Waals surface area contributed by atoms with Crippen LogP contribution < -0.4 is 5.32 Å². The van der Waals surface area contributed by atoms with Crippen LogP contribution in [0.4, 0.5) is 0 Å². The van der Waals surface area contributed by atoms with Gasteiger partial charge in [0.15, 0.2) is 0 Å². The van der Waals surface area contributed by atoms with Crippen LogP contribution in [-0.4, -0.2) is 23.8 Å². The van der Waals surface area contributed by atoms with Gasteiger partial charge in [0, 0.05) is 12.5 Å². The fraction of sp³-hybridized carbons (Fsp3) is 0.889. The van der Waals surface area contributed by atoms with Crippen molar-refractivity contribution >= 4 is 0 Å². The molecule has 0 unspecified atom stereocenters. The average Bonchev–Trinajstić information content (AvgIpc) is 2.00. The van der Waals surface area contributed by atoms with Crippen LogP contribution in [0.2, 0.25) is 0 Å². The molecular formula is C9H16N2O. The van der Waals surface area contributed by atoms with Crippen LogP contribution in [0.3, 0.4) is 0 Å². The number of hydrogen-bond acceptors (Lipinski definition) is 3. The van der Waals surface area contributed by atoms with Crippen molar-refractivity contribution in [1.82, 2.24) is 5.32 Å². The smallest absolute Gasteiger partial charge is 0.0621 e. The molecule has 0 bridgehead atoms. The lowest BCUT2D eigenvalue weighted by Gasteiger charge is -2.32. The Morgan fingerprint density at radius 2 is 2.17 bits per heavy atom. The molecule has 0 aromatic carbocycles. The van der Waals surface area contributed by atoms with Crippen molar-refractivity contribution in [1.29, 1.82) is 5.26 Å². The Labute approximate surface area is 73.4 Å². The Bertz CT molecular complexity index is 158. The van der Waals surface area contributed by atoms with Gasteiger partial charge < -0.3 is 10.4 Å². The van der Waals surface area contributed by atoms with Crippen LogP contribution >= 0.6 is 0 Å². The minimum Gasteiger partial charge on any atom is -0.393 e. The molecule has 0 atom stereocenters. The second-order valence-electron chi connectivity index (χ2n) is 3.39. The maximum Gasteiger partial charge on any atom is 0.0621 e. The van der Waals surface area contributed by atoms with Crippen LogP contribution in [0, 0.1) is 11.3 Å². The van der Waals surface area contributed by atoms with Gasteiger partial charge in [-0.25, -0.2) is 0 Å². The second kappa shape index (κ2) is 5.13. The number of aliphatic hydroxyl groups is 1. The average molecular weight is 168 g/mol. The summed E-state index contributed by atoms with van der Waals surface area (Å²) in [4.78, 5) is 0. The molecule has 1 aliphatic carbocycles. The standard InChI is InChI=1S/C9H16N2O/c10-4-2-1-3-5-11-8-6-9(12)7-8/h8-9,11-12H,1-3,5-7H2. The van der Waals surface area contributed by atoms with Gasteiger partial charge in [0.05, 0.1) is 12.2 Å². The zero-order valence-corrected chi connectivity index (χ0v) is 7.29. The number of nitriles is 1. The third-order valence-corrected chi connectivity index (χ3v) is 2.26. The summed E-state index contributed by atoms with van der Waals surface area (Å²) in [6.45, 7) is 0.985. The van der Waals surface area contributed by atoms with Gasteiger partial charge in [-0.1, -0.05) is 0 Å². The molecule has 12 heavy (non-hydrogen) atoms. The Hall–Kier alpha value is -0.590. The normalized spacial score (nSPS) is 27.7. The summed E-state index contributed by atoms with van der Waals surface area (Å²) in [6.07, 6.45) is 4.45. The third-order valence-electron chi connectivity index (χ3n) is 2.26. The summed E-state index contributed by atoms with van der Waals surface area (Å²) in [6, 6.07) is 2.65. The van der Waals surface area contributed by atoms with E-state index in [1.807, 2.05) is 0 Å². The van der Waals surface area contributed by atoms with Crippen molar-refractivity contribution in [3.63, 3.8) is 0 Å². The second-order valence-corrected chi connectivity index (χ2v) is 3.39. The largest absolute Gasteiger partial charge is 0.393 e. The zero-order valence-electron chi connectivity index (χ0n) is 7.29. The predicted octanol–water partition coefficient (Wildman–Crippen LogP) is 0.793. The van der Waals surface area contributed by atoms with E-state index in [0.29, 0.717) is 12.5 Å². The van der Waals surface area contributed by atoms with E-state index in [-0.39, 0.29) is 6.10 Å². The lowest BCUT2D eigenvalue weighted by atomic mass is 9.89. The Balaban J connectivity index is 1.81. The first-order valence-electron chi connectivity index (χ1n) is 4.61. The summed E-state index contributed by atoms with van der Waals surface area (Å²) < 4.78 is 0. The molecule has 0 aliphatic heterocycles. The molecule has 0 amide bonds. The fourth-order valence-corrected chi connectivity index (χ4v) is 1.39. The molecule has 0 aromatic rings. The molecule has 1 saturated carbocycles. The third kappa shape index (κ3) is 3.21. The summed E-state index contributed by atoms with van der Waals surface area (Å²) in [5.74, 6) is 0. The van der Waals surface area contributed by atoms with Crippen molar-refractivity contribution in [2.45, 2.75) is 44.2 Å². The highest BCUT2D eigenvalue weighted by atomic mass is 16.3. The van der Waals surface area contributed by atoms with E-state index in [2.05, 4.69) is 11.4 Å². The van der Waals surface area contributed by atoms with E-state index >= 15 is 0 Å². The van der Waals surface area contributed by atoms with E-state index in [1.54, 1.807) is 0 Å². The summed E-state index contributed by atoms with van der Waals surface area (Å²) in [5.41, 5.74) is 0. The van der Waals surface area contributed by atoms with E-state index in [4.69, 9.17) is 10.4 Å². The Morgan fingerprint density at radius 3 is 2.75 bits per heavy atom. The molecule has 3 heteroatoms. The number of aliphatic hydroxyl groups excluding tert-OH is 1. The van der Waals surface area contributed by atoms with Crippen molar-refractivity contribution < 1.29 is 5.11 Å². The van der Waals surface area contributed by atoms with Crippen LogP contribution in [0.1, 0.15) is 32.1 Å². The van der Waals surface area contributed by atoms with Crippen LogP contribution in [-0.2, 0) is 0 Å². The first kappa shape index (κ1) is 9.50. The van der Waals surface area contributed by atoms with Gasteiger partial charge in [-0.15, -0.1) is 0 Å². The molecule has 1 rings (SSSR count). The maximum atomic E-state index is 8.98. The van der Waals surface area contributed by atoms with E-state index in [9.17, 15) is 0 Å². The number of unbranched alkanes of at least 4 members (excludes halogenated alkanes) is 2. The highest BCUT2D eigenvalue weighted by Crippen LogP contribution is 2.18. The van der Waals surface area contributed by atoms with Gasteiger partial charge in [0.2, 0.25) is 0 Å². The minimum absolute atomic E-state index is 0.0680. The van der Waals surface area contributed by atoms with Gasteiger partial charge in [-0.3, -0.25) is 0 Å². The van der Waals surface area contributed by atoms with Crippen LogP contribution in [0.5, 0.6) is 0 Å². The molecule has 1 fully saturated rings. The van der Waals surface area contributed by atoms with E-state index < -0.39 is 0 Å². The highest BCUT2D eigenvalue weighted by Gasteiger charge is 2.25. The Kier molecular flexibility index (Phi) is 4.06. The first-order chi connectivity index (χ1) is 5.83. The van der Waals surface area contributed by atoms with E-state index in [0.717, 1.165) is 32.2 Å². The Morgan fingerprint density at radius 1 is 1.42 bits per heavy atom. The molecule has 0 spiro atoms. The number of nitrogens with one attached hydrogen (secondary N) is 1. The van der Waals surface area contributed by atoms with E-state index in [1.165, 1.54) is 0 Å². The lowest BCUT2D eigenvalue weighted by Crippen LogP contribution is -2.44. The first-order valence-corrected chi connectivity index (χ1v) is 4.61. The number of rotatable bonds is 5. The fourth-order valence-electron chi connectivity index (χ4n) is 1.39. The SMILES string of the molecule is N#CCCCCNC1CC(O)C1. The quantitative estimate of drug-likeness (QED) is 0.597. The molecule has 2 N–H and O–H groups in total. The van der Waals surface area contributed by atoms with Crippen LogP contribution in [0.25, 0.3) is 0 Å².